The van der Waals surface area contributed by atoms with Gasteiger partial charge in [-0.05, 0) is 0 Å². The second kappa shape index (κ2) is 3.48. The van der Waals surface area contributed by atoms with Crippen LogP contribution in [0.15, 0.2) is 6.07 Å². The fraction of sp³-hybridized carbons (Fsp3) is 0. The minimum Gasteiger partial charge on any atom is -0.412 e. The van der Waals surface area contributed by atoms with Crippen molar-refractivity contribution in [2.75, 3.05) is 0 Å². The first-order valence-electron chi connectivity index (χ1n) is 2.52. The Balaban J connectivity index is 0.00000121. The third kappa shape index (κ3) is 1.53. The summed E-state index contributed by atoms with van der Waals surface area (Å²) in [7, 11) is 0. The van der Waals surface area contributed by atoms with Crippen LogP contribution in [0.2, 0.25) is 0 Å². The molecule has 0 atom stereocenters. The Hall–Kier alpha value is -1.17. The predicted octanol–water partition coefficient (Wildman–Crippen LogP) is 1.56. The van der Waals surface area contributed by atoms with E-state index >= 15 is 0 Å². The van der Waals surface area contributed by atoms with Crippen molar-refractivity contribution in [3.63, 3.8) is 0 Å². The highest BCUT2D eigenvalue weighted by Crippen LogP contribution is 2.16. The maximum absolute atomic E-state index is 12.0. The first kappa shape index (κ1) is 10.8. The van der Waals surface area contributed by atoms with Crippen molar-refractivity contribution in [3.8, 4) is 0 Å². The SMILES string of the molecule is Fc1cc(F)c(F)c(F)c1F.O. The highest BCUT2D eigenvalue weighted by Gasteiger charge is 2.18. The molecule has 0 heterocycles. The lowest BCUT2D eigenvalue weighted by Crippen LogP contribution is -1.98. The van der Waals surface area contributed by atoms with E-state index in [2.05, 4.69) is 0 Å². The van der Waals surface area contributed by atoms with Crippen molar-refractivity contribution in [2.24, 2.45) is 0 Å². The van der Waals surface area contributed by atoms with Gasteiger partial charge < -0.3 is 5.48 Å². The van der Waals surface area contributed by atoms with Crippen molar-refractivity contribution < 1.29 is 27.4 Å². The molecule has 0 spiro atoms. The normalized spacial score (nSPS) is 9.42. The van der Waals surface area contributed by atoms with Gasteiger partial charge in [0.1, 0.15) is 0 Å². The lowest BCUT2D eigenvalue weighted by atomic mass is 10.3. The van der Waals surface area contributed by atoms with Crippen LogP contribution >= 0.6 is 0 Å². The third-order valence-electron chi connectivity index (χ3n) is 1.06. The summed E-state index contributed by atoms with van der Waals surface area (Å²) >= 11 is 0. The first-order chi connectivity index (χ1) is 5.04. The maximum Gasteiger partial charge on any atom is 0.200 e. The number of rotatable bonds is 0. The molecule has 0 aromatic heterocycles. The van der Waals surface area contributed by atoms with Gasteiger partial charge in [0, 0.05) is 6.07 Å². The second-order valence-corrected chi connectivity index (χ2v) is 1.78. The van der Waals surface area contributed by atoms with Gasteiger partial charge in [-0.2, -0.15) is 0 Å². The van der Waals surface area contributed by atoms with E-state index in [0.29, 0.717) is 0 Å². The summed E-state index contributed by atoms with van der Waals surface area (Å²) in [6.45, 7) is 0. The Morgan fingerprint density at radius 3 is 1.33 bits per heavy atom. The van der Waals surface area contributed by atoms with Crippen LogP contribution in [-0.2, 0) is 0 Å². The number of hydrogen-bond acceptors (Lipinski definition) is 0. The molecule has 12 heavy (non-hydrogen) atoms. The molecule has 1 aromatic carbocycles. The van der Waals surface area contributed by atoms with Gasteiger partial charge in [-0.15, -0.1) is 0 Å². The second-order valence-electron chi connectivity index (χ2n) is 1.78. The molecule has 0 saturated carbocycles. The zero-order chi connectivity index (χ0) is 8.59. The lowest BCUT2D eigenvalue weighted by molar-refractivity contribution is 0.378. The molecule has 0 radical (unpaired) electrons. The molecule has 1 rings (SSSR count). The average Bonchev–Trinajstić information content (AvgIpc) is 1.97. The molecule has 1 aromatic rings. The van der Waals surface area contributed by atoms with Gasteiger partial charge in [-0.3, -0.25) is 0 Å². The van der Waals surface area contributed by atoms with E-state index in [9.17, 15) is 22.0 Å². The van der Waals surface area contributed by atoms with Crippen LogP contribution in [-0.4, -0.2) is 5.48 Å². The Labute approximate surface area is 63.7 Å². The van der Waals surface area contributed by atoms with Gasteiger partial charge in [0.15, 0.2) is 23.3 Å². The van der Waals surface area contributed by atoms with Gasteiger partial charge in [-0.1, -0.05) is 0 Å². The molecule has 6 heteroatoms. The van der Waals surface area contributed by atoms with Crippen molar-refractivity contribution in [3.05, 3.63) is 35.2 Å². The summed E-state index contributed by atoms with van der Waals surface area (Å²) in [5, 5.41) is 0. The molecular weight excluding hydrogens is 183 g/mol. The summed E-state index contributed by atoms with van der Waals surface area (Å²) in [5.41, 5.74) is 0. The zero-order valence-electron chi connectivity index (χ0n) is 5.47. The van der Waals surface area contributed by atoms with Gasteiger partial charge >= 0.3 is 0 Å². The smallest absolute Gasteiger partial charge is 0.200 e. The molecule has 2 N–H and O–H groups in total. The molecule has 0 aliphatic carbocycles. The Morgan fingerprint density at radius 1 is 0.667 bits per heavy atom. The monoisotopic (exact) mass is 186 g/mol. The van der Waals surface area contributed by atoms with Crippen LogP contribution in [0.25, 0.3) is 0 Å². The molecule has 68 valence electrons. The van der Waals surface area contributed by atoms with Crippen LogP contribution in [0.3, 0.4) is 0 Å². The minimum absolute atomic E-state index is 0. The Morgan fingerprint density at radius 2 is 1.00 bits per heavy atom. The fourth-order valence-corrected chi connectivity index (χ4v) is 0.544. The number of hydrogen-bond donors (Lipinski definition) is 0. The standard InChI is InChI=1S/C6HF5.H2O/c7-2-1-3(8)5(10)6(11)4(2)9;/h1H;1H2. The van der Waals surface area contributed by atoms with Crippen LogP contribution in [0, 0.1) is 29.1 Å². The molecule has 0 aliphatic rings. The van der Waals surface area contributed by atoms with E-state index in [0.717, 1.165) is 0 Å². The van der Waals surface area contributed by atoms with Crippen molar-refractivity contribution in [1.82, 2.24) is 0 Å². The van der Waals surface area contributed by atoms with E-state index in [1.54, 1.807) is 0 Å². The summed E-state index contributed by atoms with van der Waals surface area (Å²) < 4.78 is 60.0. The van der Waals surface area contributed by atoms with Gasteiger partial charge in [0.2, 0.25) is 5.82 Å². The molecular formula is C6H3F5O. The molecule has 0 bridgehead atoms. The highest BCUT2D eigenvalue weighted by molar-refractivity contribution is 5.12. The van der Waals surface area contributed by atoms with Crippen molar-refractivity contribution in [2.45, 2.75) is 0 Å². The van der Waals surface area contributed by atoms with E-state index in [1.807, 2.05) is 0 Å². The Bertz CT molecular complexity index is 272. The van der Waals surface area contributed by atoms with Crippen LogP contribution in [0.5, 0.6) is 0 Å². The van der Waals surface area contributed by atoms with E-state index in [4.69, 9.17) is 0 Å². The minimum atomic E-state index is -2.14. The average molecular weight is 186 g/mol. The lowest BCUT2D eigenvalue weighted by Gasteiger charge is -1.96. The van der Waals surface area contributed by atoms with Crippen LogP contribution in [0.4, 0.5) is 22.0 Å². The molecule has 1 nitrogen and oxygen atoms in total. The van der Waals surface area contributed by atoms with Gasteiger partial charge in [0.05, 0.1) is 0 Å². The predicted molar refractivity (Wildman–Crippen MR) is 29.8 cm³/mol. The topological polar surface area (TPSA) is 31.5 Å². The van der Waals surface area contributed by atoms with E-state index < -0.39 is 29.1 Å². The fourth-order valence-electron chi connectivity index (χ4n) is 0.544. The van der Waals surface area contributed by atoms with E-state index in [-0.39, 0.29) is 11.5 Å². The largest absolute Gasteiger partial charge is 0.412 e. The Kier molecular flexibility index (Phi) is 3.15. The first-order valence-corrected chi connectivity index (χ1v) is 2.52. The molecule has 0 saturated heterocycles. The van der Waals surface area contributed by atoms with Gasteiger partial charge in [-0.25, -0.2) is 22.0 Å². The highest BCUT2D eigenvalue weighted by atomic mass is 19.2. The van der Waals surface area contributed by atoms with Crippen molar-refractivity contribution in [1.29, 1.82) is 0 Å². The summed E-state index contributed by atoms with van der Waals surface area (Å²) in [5.74, 6) is -9.65. The van der Waals surface area contributed by atoms with Crippen molar-refractivity contribution >= 4 is 0 Å². The molecule has 0 fully saturated rings. The molecule has 0 amide bonds. The summed E-state index contributed by atoms with van der Waals surface area (Å²) in [6, 6.07) is -0.0618. The van der Waals surface area contributed by atoms with Crippen LogP contribution in [0.1, 0.15) is 0 Å². The zero-order valence-corrected chi connectivity index (χ0v) is 5.47. The number of benzene rings is 1. The molecule has 0 aliphatic heterocycles. The summed E-state index contributed by atoms with van der Waals surface area (Å²) in [4.78, 5) is 0. The maximum atomic E-state index is 12.0. The van der Waals surface area contributed by atoms with E-state index in [1.165, 1.54) is 0 Å². The van der Waals surface area contributed by atoms with Crippen LogP contribution < -0.4 is 0 Å². The quantitative estimate of drug-likeness (QED) is 0.334. The van der Waals surface area contributed by atoms with Gasteiger partial charge in [0.25, 0.3) is 0 Å². The third-order valence-corrected chi connectivity index (χ3v) is 1.06. The summed E-state index contributed by atoms with van der Waals surface area (Å²) in [6.07, 6.45) is 0. The molecule has 0 unspecified atom stereocenters. The number of halogens is 5.